The Kier molecular flexibility index (Phi) is 10.2. The summed E-state index contributed by atoms with van der Waals surface area (Å²) in [6.07, 6.45) is 4.11. The number of thiophene rings is 2. The Labute approximate surface area is 229 Å². The Morgan fingerprint density at radius 1 is 0.971 bits per heavy atom. The van der Waals surface area contributed by atoms with Gasteiger partial charge in [0, 0.05) is 19.5 Å². The summed E-state index contributed by atoms with van der Waals surface area (Å²) in [7, 11) is 0. The van der Waals surface area contributed by atoms with Crippen molar-refractivity contribution in [3.63, 3.8) is 0 Å². The highest BCUT2D eigenvalue weighted by molar-refractivity contribution is 9.10. The quantitative estimate of drug-likeness (QED) is 0.205. The van der Waals surface area contributed by atoms with Gasteiger partial charge in [-0.15, -0.1) is 34.3 Å². The molecule has 0 bridgehead atoms. The molecule has 4 rings (SSSR count). The second-order valence-electron chi connectivity index (χ2n) is 7.45. The number of anilines is 2. The molecule has 2 atom stereocenters. The largest absolute Gasteiger partial charge is 0.369 e. The molecule has 4 aromatic heterocycles. The SMILES string of the molecule is CC(=O)C(Cl)(Br)CCNc1ncnc2ccsc12.CC(=O)C(Cl)CCNc1ncnc2ccsc12. The van der Waals surface area contributed by atoms with Crippen LogP contribution in [0.25, 0.3) is 20.4 Å². The molecule has 0 aliphatic rings. The third-order valence-corrected chi connectivity index (χ3v) is 8.62. The summed E-state index contributed by atoms with van der Waals surface area (Å²) in [5.74, 6) is 1.48. The number of hydrogen-bond donors (Lipinski definition) is 2. The van der Waals surface area contributed by atoms with Gasteiger partial charge in [-0.05, 0) is 43.2 Å². The summed E-state index contributed by atoms with van der Waals surface area (Å²) in [5.41, 5.74) is 1.85. The highest BCUT2D eigenvalue weighted by Crippen LogP contribution is 2.30. The summed E-state index contributed by atoms with van der Waals surface area (Å²) in [5, 5.41) is 9.88. The first kappa shape index (κ1) is 27.7. The van der Waals surface area contributed by atoms with Crippen LogP contribution in [0, 0.1) is 0 Å². The topological polar surface area (TPSA) is 110 Å². The summed E-state index contributed by atoms with van der Waals surface area (Å²) >= 11 is 18.3. The summed E-state index contributed by atoms with van der Waals surface area (Å²) in [6.45, 7) is 4.14. The number of fused-ring (bicyclic) bond motifs is 2. The van der Waals surface area contributed by atoms with Crippen molar-refractivity contribution in [1.29, 1.82) is 0 Å². The molecule has 4 heterocycles. The summed E-state index contributed by atoms with van der Waals surface area (Å²) in [4.78, 5) is 38.9. The first-order valence-electron chi connectivity index (χ1n) is 10.6. The molecule has 8 nitrogen and oxygen atoms in total. The van der Waals surface area contributed by atoms with Gasteiger partial charge in [0.1, 0.15) is 30.1 Å². The maximum absolute atomic E-state index is 11.2. The normalized spacial score (nSPS) is 13.5. The minimum absolute atomic E-state index is 0.00238. The summed E-state index contributed by atoms with van der Waals surface area (Å²) in [6, 6.07) is 3.89. The van der Waals surface area contributed by atoms with E-state index in [0.29, 0.717) is 25.9 Å². The molecule has 4 aromatic rings. The van der Waals surface area contributed by atoms with Crippen molar-refractivity contribution in [2.24, 2.45) is 0 Å². The molecule has 0 saturated carbocycles. The number of hydrogen-bond acceptors (Lipinski definition) is 10. The van der Waals surface area contributed by atoms with Crippen molar-refractivity contribution in [2.45, 2.75) is 35.8 Å². The van der Waals surface area contributed by atoms with Crippen molar-refractivity contribution in [3.05, 3.63) is 35.5 Å². The van der Waals surface area contributed by atoms with Gasteiger partial charge in [-0.2, -0.15) is 0 Å². The predicted molar refractivity (Wildman–Crippen MR) is 150 cm³/mol. The van der Waals surface area contributed by atoms with E-state index in [4.69, 9.17) is 23.2 Å². The van der Waals surface area contributed by atoms with Gasteiger partial charge in [0.15, 0.2) is 9.57 Å². The van der Waals surface area contributed by atoms with Crippen molar-refractivity contribution in [1.82, 2.24) is 19.9 Å². The molecular weight excluding hydrogens is 595 g/mol. The third-order valence-electron chi connectivity index (χ3n) is 4.86. The van der Waals surface area contributed by atoms with Gasteiger partial charge in [0.2, 0.25) is 0 Å². The first-order valence-corrected chi connectivity index (χ1v) is 13.9. The van der Waals surface area contributed by atoms with E-state index in [1.54, 1.807) is 22.7 Å². The highest BCUT2D eigenvalue weighted by atomic mass is 79.9. The number of carbonyl (C=O) groups excluding carboxylic acids is 2. The molecule has 0 radical (unpaired) electrons. The van der Waals surface area contributed by atoms with Gasteiger partial charge >= 0.3 is 0 Å². The van der Waals surface area contributed by atoms with Crippen molar-refractivity contribution < 1.29 is 9.59 Å². The van der Waals surface area contributed by atoms with Gasteiger partial charge < -0.3 is 10.6 Å². The molecule has 0 aromatic carbocycles. The molecule has 0 aliphatic heterocycles. The Morgan fingerprint density at radius 2 is 1.49 bits per heavy atom. The number of alkyl halides is 3. The lowest BCUT2D eigenvalue weighted by atomic mass is 10.2. The van der Waals surface area contributed by atoms with Crippen LogP contribution >= 0.6 is 61.8 Å². The average molecular weight is 618 g/mol. The number of nitrogens with one attached hydrogen (secondary N) is 2. The van der Waals surface area contributed by atoms with E-state index in [1.807, 2.05) is 22.9 Å². The van der Waals surface area contributed by atoms with Crippen LogP contribution in [0.4, 0.5) is 11.6 Å². The molecular formula is C22H23BrCl2N6O2S2. The number of ketones is 2. The van der Waals surface area contributed by atoms with E-state index in [9.17, 15) is 9.59 Å². The van der Waals surface area contributed by atoms with Crippen LogP contribution in [0.5, 0.6) is 0 Å². The van der Waals surface area contributed by atoms with Crippen LogP contribution < -0.4 is 10.6 Å². The lowest BCUT2D eigenvalue weighted by Gasteiger charge is -2.16. The van der Waals surface area contributed by atoms with Crippen LogP contribution in [0.15, 0.2) is 35.5 Å². The van der Waals surface area contributed by atoms with E-state index in [0.717, 1.165) is 32.1 Å². The second-order valence-corrected chi connectivity index (χ2v) is 12.3. The Balaban J connectivity index is 0.000000196. The Morgan fingerprint density at radius 3 is 1.97 bits per heavy atom. The average Bonchev–Trinajstić information content (AvgIpc) is 3.49. The molecule has 0 aliphatic carbocycles. The van der Waals surface area contributed by atoms with Crippen LogP contribution in [0.1, 0.15) is 26.7 Å². The van der Waals surface area contributed by atoms with E-state index in [-0.39, 0.29) is 11.6 Å². The third kappa shape index (κ3) is 7.78. The highest BCUT2D eigenvalue weighted by Gasteiger charge is 2.28. The smallest absolute Gasteiger partial charge is 0.161 e. The standard InChI is InChI=1S/C11H11BrClN3OS.C11H12ClN3OS/c1-7(17)11(12,13)3-4-14-10-9-8(2-5-18-9)15-6-16-10;1-7(16)8(12)2-4-13-11-10-9(3-5-17-10)14-6-15-11/h2,5-6H,3-4H2,1H3,(H,14,15,16);3,5-6,8H,2,4H2,1H3,(H,13,14,15). The van der Waals surface area contributed by atoms with E-state index in [2.05, 4.69) is 46.5 Å². The number of Topliss-reactive ketones (excluding diaryl/α,β-unsaturated/α-hetero) is 2. The lowest BCUT2D eigenvalue weighted by molar-refractivity contribution is -0.117. The minimum atomic E-state index is -0.998. The lowest BCUT2D eigenvalue weighted by Crippen LogP contribution is -2.25. The fraction of sp³-hybridized carbons (Fsp3) is 0.364. The van der Waals surface area contributed by atoms with E-state index >= 15 is 0 Å². The van der Waals surface area contributed by atoms with Crippen molar-refractivity contribution in [3.8, 4) is 0 Å². The molecule has 35 heavy (non-hydrogen) atoms. The van der Waals surface area contributed by atoms with Gasteiger partial charge in [0.25, 0.3) is 0 Å². The molecule has 2 N–H and O–H groups in total. The molecule has 0 amide bonds. The molecule has 0 saturated heterocycles. The predicted octanol–water partition coefficient (Wildman–Crippen LogP) is 6.10. The van der Waals surface area contributed by atoms with Crippen LogP contribution in [-0.2, 0) is 9.59 Å². The summed E-state index contributed by atoms with van der Waals surface area (Å²) < 4.78 is 1.04. The first-order chi connectivity index (χ1) is 16.7. The minimum Gasteiger partial charge on any atom is -0.369 e. The van der Waals surface area contributed by atoms with Gasteiger partial charge in [0.05, 0.1) is 25.8 Å². The van der Waals surface area contributed by atoms with E-state index in [1.165, 1.54) is 26.5 Å². The van der Waals surface area contributed by atoms with E-state index < -0.39 is 9.16 Å². The van der Waals surface area contributed by atoms with Crippen LogP contribution in [0.3, 0.4) is 0 Å². The maximum Gasteiger partial charge on any atom is 0.161 e. The molecule has 0 fully saturated rings. The number of halogens is 3. The maximum atomic E-state index is 11.2. The number of carbonyl (C=O) groups is 2. The van der Waals surface area contributed by atoms with Crippen molar-refractivity contribution >= 4 is 105 Å². The second kappa shape index (κ2) is 12.9. The van der Waals surface area contributed by atoms with Crippen LogP contribution in [0.2, 0.25) is 0 Å². The van der Waals surface area contributed by atoms with Gasteiger partial charge in [-0.25, -0.2) is 19.9 Å². The number of nitrogens with zero attached hydrogens (tertiary/aromatic N) is 4. The zero-order chi connectivity index (χ0) is 25.4. The monoisotopic (exact) mass is 616 g/mol. The fourth-order valence-electron chi connectivity index (χ4n) is 2.86. The molecule has 2 unspecified atom stereocenters. The number of aromatic nitrogens is 4. The fourth-order valence-corrected chi connectivity index (χ4v) is 4.89. The Hall–Kier alpha value is -1.92. The molecule has 0 spiro atoms. The van der Waals surface area contributed by atoms with Gasteiger partial charge in [-0.3, -0.25) is 9.59 Å². The zero-order valence-electron chi connectivity index (χ0n) is 18.9. The van der Waals surface area contributed by atoms with Crippen LogP contribution in [-0.4, -0.2) is 53.8 Å². The Bertz CT molecular complexity index is 1300. The molecule has 186 valence electrons. The van der Waals surface area contributed by atoms with Gasteiger partial charge in [-0.1, -0.05) is 27.5 Å². The van der Waals surface area contributed by atoms with Crippen molar-refractivity contribution in [2.75, 3.05) is 23.7 Å². The number of rotatable bonds is 10. The zero-order valence-corrected chi connectivity index (χ0v) is 23.7. The molecule has 13 heteroatoms.